The van der Waals surface area contributed by atoms with Crippen LogP contribution in [-0.4, -0.2) is 40.1 Å². The molecule has 24 heavy (non-hydrogen) atoms. The van der Waals surface area contributed by atoms with Gasteiger partial charge < -0.3 is 14.7 Å². The zero-order valence-corrected chi connectivity index (χ0v) is 14.4. The second-order valence-corrected chi connectivity index (χ2v) is 6.54. The molecule has 0 aliphatic carbocycles. The van der Waals surface area contributed by atoms with Crippen molar-refractivity contribution < 1.29 is 14.6 Å². The van der Waals surface area contributed by atoms with Gasteiger partial charge in [0, 0.05) is 31.5 Å². The van der Waals surface area contributed by atoms with Gasteiger partial charge in [-0.05, 0) is 37.6 Å². The van der Waals surface area contributed by atoms with E-state index in [0.717, 1.165) is 11.1 Å². The fourth-order valence-corrected chi connectivity index (χ4v) is 2.37. The molecule has 0 aliphatic rings. The molecule has 5 nitrogen and oxygen atoms in total. The molecule has 1 aromatic carbocycles. The number of benzene rings is 1. The lowest BCUT2D eigenvalue weighted by atomic mass is 10.1. The molecule has 1 aromatic heterocycles. The minimum absolute atomic E-state index is 0.0402. The fraction of sp³-hybridized carbons (Fsp3) is 0.368. The molecule has 0 aliphatic heterocycles. The fourth-order valence-electron chi connectivity index (χ4n) is 2.37. The van der Waals surface area contributed by atoms with Gasteiger partial charge in [0.05, 0.1) is 12.0 Å². The summed E-state index contributed by atoms with van der Waals surface area (Å²) in [6, 6.07) is 11.3. The second-order valence-electron chi connectivity index (χ2n) is 6.54. The third-order valence-electron chi connectivity index (χ3n) is 3.43. The summed E-state index contributed by atoms with van der Waals surface area (Å²) < 4.78 is 5.75. The highest BCUT2D eigenvalue weighted by molar-refractivity contribution is 5.78. The monoisotopic (exact) mass is 328 g/mol. The SMILES string of the molecule is CN(CC(C)(C)O)C(=O)Cc1cccc(OCc2cccnc2)c1. The van der Waals surface area contributed by atoms with Gasteiger partial charge in [0.15, 0.2) is 0 Å². The van der Waals surface area contributed by atoms with Crippen molar-refractivity contribution in [2.24, 2.45) is 0 Å². The van der Waals surface area contributed by atoms with E-state index in [2.05, 4.69) is 4.98 Å². The van der Waals surface area contributed by atoms with Crippen LogP contribution < -0.4 is 4.74 Å². The van der Waals surface area contributed by atoms with Crippen LogP contribution in [0.1, 0.15) is 25.0 Å². The van der Waals surface area contributed by atoms with E-state index < -0.39 is 5.60 Å². The van der Waals surface area contributed by atoms with Crippen molar-refractivity contribution in [2.75, 3.05) is 13.6 Å². The number of carbonyl (C=O) groups is 1. The van der Waals surface area contributed by atoms with Gasteiger partial charge in [-0.25, -0.2) is 0 Å². The number of carbonyl (C=O) groups excluding carboxylic acids is 1. The van der Waals surface area contributed by atoms with Crippen molar-refractivity contribution in [3.05, 3.63) is 59.9 Å². The number of rotatable bonds is 7. The topological polar surface area (TPSA) is 62.7 Å². The van der Waals surface area contributed by atoms with Crippen molar-refractivity contribution in [3.8, 4) is 5.75 Å². The normalized spacial score (nSPS) is 11.2. The van der Waals surface area contributed by atoms with Gasteiger partial charge in [-0.3, -0.25) is 9.78 Å². The van der Waals surface area contributed by atoms with Gasteiger partial charge in [-0.2, -0.15) is 0 Å². The van der Waals surface area contributed by atoms with Crippen LogP contribution in [0, 0.1) is 0 Å². The van der Waals surface area contributed by atoms with Crippen LogP contribution in [0.2, 0.25) is 0 Å². The van der Waals surface area contributed by atoms with Crippen molar-refractivity contribution in [1.29, 1.82) is 0 Å². The molecule has 1 heterocycles. The average Bonchev–Trinajstić information content (AvgIpc) is 2.53. The Morgan fingerprint density at radius 3 is 2.67 bits per heavy atom. The lowest BCUT2D eigenvalue weighted by Crippen LogP contribution is -2.40. The summed E-state index contributed by atoms with van der Waals surface area (Å²) in [6.07, 6.45) is 3.76. The van der Waals surface area contributed by atoms with Crippen LogP contribution in [0.4, 0.5) is 0 Å². The molecular weight excluding hydrogens is 304 g/mol. The molecule has 0 bridgehead atoms. The number of pyridine rings is 1. The van der Waals surface area contributed by atoms with Crippen molar-refractivity contribution in [2.45, 2.75) is 32.5 Å². The number of aliphatic hydroxyl groups is 1. The third-order valence-corrected chi connectivity index (χ3v) is 3.43. The molecule has 5 heteroatoms. The molecule has 0 unspecified atom stereocenters. The van der Waals surface area contributed by atoms with Gasteiger partial charge in [-0.15, -0.1) is 0 Å². The minimum atomic E-state index is -0.904. The van der Waals surface area contributed by atoms with E-state index in [1.807, 2.05) is 36.4 Å². The molecule has 0 fully saturated rings. The molecule has 2 aromatic rings. The largest absolute Gasteiger partial charge is 0.489 e. The Hall–Kier alpha value is -2.40. The Morgan fingerprint density at radius 1 is 1.25 bits per heavy atom. The summed E-state index contributed by atoms with van der Waals surface area (Å²) >= 11 is 0. The van der Waals surface area contributed by atoms with Crippen LogP contribution >= 0.6 is 0 Å². The van der Waals surface area contributed by atoms with E-state index in [0.29, 0.717) is 18.9 Å². The predicted molar refractivity (Wildman–Crippen MR) is 92.6 cm³/mol. The average molecular weight is 328 g/mol. The van der Waals surface area contributed by atoms with Crippen molar-refractivity contribution in [3.63, 3.8) is 0 Å². The zero-order chi connectivity index (χ0) is 17.6. The van der Waals surface area contributed by atoms with Crippen LogP contribution in [0.15, 0.2) is 48.8 Å². The summed E-state index contributed by atoms with van der Waals surface area (Å²) in [5, 5.41) is 9.81. The molecule has 1 amide bonds. The number of hydrogen-bond donors (Lipinski definition) is 1. The highest BCUT2D eigenvalue weighted by Crippen LogP contribution is 2.16. The summed E-state index contributed by atoms with van der Waals surface area (Å²) in [7, 11) is 1.70. The second kappa shape index (κ2) is 7.93. The van der Waals surface area contributed by atoms with E-state index in [4.69, 9.17) is 4.74 Å². The Labute approximate surface area is 142 Å². The van der Waals surface area contributed by atoms with Gasteiger partial charge in [0.1, 0.15) is 12.4 Å². The van der Waals surface area contributed by atoms with E-state index in [1.54, 1.807) is 38.2 Å². The summed E-state index contributed by atoms with van der Waals surface area (Å²) in [5.74, 6) is 0.677. The molecule has 1 N–H and O–H groups in total. The van der Waals surface area contributed by atoms with E-state index in [9.17, 15) is 9.90 Å². The smallest absolute Gasteiger partial charge is 0.226 e. The minimum Gasteiger partial charge on any atom is -0.489 e. The van der Waals surface area contributed by atoms with Crippen LogP contribution in [0.3, 0.4) is 0 Å². The first-order valence-corrected chi connectivity index (χ1v) is 7.90. The number of likely N-dealkylation sites (N-methyl/N-ethyl adjacent to an activating group) is 1. The first-order chi connectivity index (χ1) is 11.3. The Balaban J connectivity index is 1.93. The van der Waals surface area contributed by atoms with Crippen LogP contribution in [0.25, 0.3) is 0 Å². The first kappa shape index (κ1) is 17.9. The summed E-state index contributed by atoms with van der Waals surface area (Å²) in [5.41, 5.74) is 0.967. The van der Waals surface area contributed by atoms with E-state index in [-0.39, 0.29) is 12.3 Å². The maximum atomic E-state index is 12.2. The number of hydrogen-bond acceptors (Lipinski definition) is 4. The van der Waals surface area contributed by atoms with E-state index in [1.165, 1.54) is 0 Å². The quantitative estimate of drug-likeness (QED) is 0.848. The standard InChI is InChI=1S/C19H24N2O3/c1-19(2,23)14-21(3)18(22)11-15-6-4-8-17(10-15)24-13-16-7-5-9-20-12-16/h4-10,12,23H,11,13-14H2,1-3H3. The summed E-state index contributed by atoms with van der Waals surface area (Å²) in [6.45, 7) is 4.10. The first-order valence-electron chi connectivity index (χ1n) is 7.90. The lowest BCUT2D eigenvalue weighted by Gasteiger charge is -2.25. The van der Waals surface area contributed by atoms with Crippen molar-refractivity contribution >= 4 is 5.91 Å². The predicted octanol–water partition coefficient (Wildman–Crippen LogP) is 2.43. The molecule has 0 saturated carbocycles. The van der Waals surface area contributed by atoms with Gasteiger partial charge >= 0.3 is 0 Å². The lowest BCUT2D eigenvalue weighted by molar-refractivity contribution is -0.131. The Bertz CT molecular complexity index is 666. The number of ether oxygens (including phenoxy) is 1. The van der Waals surface area contributed by atoms with Gasteiger partial charge in [0.25, 0.3) is 0 Å². The molecule has 0 saturated heterocycles. The summed E-state index contributed by atoms with van der Waals surface area (Å²) in [4.78, 5) is 17.8. The third kappa shape index (κ3) is 6.01. The Morgan fingerprint density at radius 2 is 2.00 bits per heavy atom. The molecule has 128 valence electrons. The number of aromatic nitrogens is 1. The molecular formula is C19H24N2O3. The maximum Gasteiger partial charge on any atom is 0.226 e. The van der Waals surface area contributed by atoms with Crippen LogP contribution in [0.5, 0.6) is 5.75 Å². The molecule has 2 rings (SSSR count). The molecule has 0 spiro atoms. The van der Waals surface area contributed by atoms with Gasteiger partial charge in [0.2, 0.25) is 5.91 Å². The highest BCUT2D eigenvalue weighted by atomic mass is 16.5. The molecule has 0 atom stereocenters. The van der Waals surface area contributed by atoms with Gasteiger partial charge in [-0.1, -0.05) is 18.2 Å². The highest BCUT2D eigenvalue weighted by Gasteiger charge is 2.19. The van der Waals surface area contributed by atoms with E-state index >= 15 is 0 Å². The zero-order valence-electron chi connectivity index (χ0n) is 14.4. The number of amides is 1. The van der Waals surface area contributed by atoms with Crippen LogP contribution in [-0.2, 0) is 17.8 Å². The van der Waals surface area contributed by atoms with Crippen molar-refractivity contribution in [1.82, 2.24) is 9.88 Å². The Kier molecular flexibility index (Phi) is 5.93. The molecule has 0 radical (unpaired) electrons. The maximum absolute atomic E-state index is 12.2. The number of nitrogens with zero attached hydrogens (tertiary/aromatic N) is 2.